The molecule has 23 heavy (non-hydrogen) atoms. The summed E-state index contributed by atoms with van der Waals surface area (Å²) in [6.07, 6.45) is 5.33. The van der Waals surface area contributed by atoms with Crippen molar-refractivity contribution < 1.29 is 0 Å². The van der Waals surface area contributed by atoms with Gasteiger partial charge in [0.25, 0.3) is 0 Å². The molecule has 3 rings (SSSR count). The van der Waals surface area contributed by atoms with Crippen LogP contribution < -0.4 is 0 Å². The molecule has 0 bridgehead atoms. The van der Waals surface area contributed by atoms with Gasteiger partial charge in [-0.3, -0.25) is 9.88 Å². The van der Waals surface area contributed by atoms with Crippen molar-refractivity contribution in [2.45, 2.75) is 40.0 Å². The van der Waals surface area contributed by atoms with E-state index in [9.17, 15) is 0 Å². The number of aromatic nitrogens is 4. The zero-order valence-electron chi connectivity index (χ0n) is 13.5. The van der Waals surface area contributed by atoms with Crippen LogP contribution in [0.2, 0.25) is 0 Å². The molecular weight excluding hydrogens is 306 g/mol. The van der Waals surface area contributed by atoms with Crippen LogP contribution in [-0.4, -0.2) is 24.6 Å². The standard InChI is InChI=1S/C17H21N5S/c1-3-22-17(19-13-20-22)12-21(10-15-6-8-18-9-7-15)11-16-5-4-14(2)23-16/h4-9,13H,3,10-12H2,1-2H3. The Morgan fingerprint density at radius 3 is 2.61 bits per heavy atom. The highest BCUT2D eigenvalue weighted by Gasteiger charge is 2.13. The molecule has 0 saturated heterocycles. The Bertz CT molecular complexity index is 734. The minimum Gasteiger partial charge on any atom is -0.287 e. The smallest absolute Gasteiger partial charge is 0.141 e. The molecule has 0 unspecified atom stereocenters. The summed E-state index contributed by atoms with van der Waals surface area (Å²) in [5.41, 5.74) is 1.26. The van der Waals surface area contributed by atoms with Crippen LogP contribution in [0.1, 0.15) is 28.1 Å². The van der Waals surface area contributed by atoms with Gasteiger partial charge < -0.3 is 0 Å². The molecule has 0 radical (unpaired) electrons. The highest BCUT2D eigenvalue weighted by Crippen LogP contribution is 2.19. The summed E-state index contributed by atoms with van der Waals surface area (Å²) in [4.78, 5) is 13.6. The van der Waals surface area contributed by atoms with Crippen molar-refractivity contribution in [1.82, 2.24) is 24.6 Å². The molecule has 3 aromatic heterocycles. The van der Waals surface area contributed by atoms with E-state index in [2.05, 4.69) is 58.1 Å². The third-order valence-corrected chi connectivity index (χ3v) is 4.68. The highest BCUT2D eigenvalue weighted by molar-refractivity contribution is 7.11. The molecule has 0 aromatic carbocycles. The Morgan fingerprint density at radius 1 is 1.09 bits per heavy atom. The second-order valence-corrected chi connectivity index (χ2v) is 6.88. The Labute approximate surface area is 140 Å². The minimum atomic E-state index is 0.785. The van der Waals surface area contributed by atoms with Crippen LogP contribution in [0.25, 0.3) is 0 Å². The fourth-order valence-electron chi connectivity index (χ4n) is 2.58. The summed E-state index contributed by atoms with van der Waals surface area (Å²) < 4.78 is 1.96. The summed E-state index contributed by atoms with van der Waals surface area (Å²) in [6.45, 7) is 7.65. The van der Waals surface area contributed by atoms with Crippen molar-refractivity contribution in [2.75, 3.05) is 0 Å². The molecule has 3 heterocycles. The molecule has 3 aromatic rings. The second kappa shape index (κ2) is 7.48. The molecule has 0 saturated carbocycles. The van der Waals surface area contributed by atoms with Gasteiger partial charge in [0, 0.05) is 41.8 Å². The molecule has 0 spiro atoms. The van der Waals surface area contributed by atoms with Gasteiger partial charge in [-0.25, -0.2) is 9.67 Å². The van der Waals surface area contributed by atoms with Gasteiger partial charge in [0.2, 0.25) is 0 Å². The van der Waals surface area contributed by atoms with Crippen molar-refractivity contribution in [2.24, 2.45) is 0 Å². The number of hydrogen-bond acceptors (Lipinski definition) is 5. The lowest BCUT2D eigenvalue weighted by molar-refractivity contribution is 0.238. The SMILES string of the molecule is CCn1ncnc1CN(Cc1ccncc1)Cc1ccc(C)s1. The number of thiophene rings is 1. The van der Waals surface area contributed by atoms with Crippen molar-refractivity contribution in [3.8, 4) is 0 Å². The number of hydrogen-bond donors (Lipinski definition) is 0. The van der Waals surface area contributed by atoms with E-state index >= 15 is 0 Å². The monoisotopic (exact) mass is 327 g/mol. The third kappa shape index (κ3) is 4.24. The second-order valence-electron chi connectivity index (χ2n) is 5.51. The summed E-state index contributed by atoms with van der Waals surface area (Å²) in [7, 11) is 0. The Balaban J connectivity index is 1.77. The quantitative estimate of drug-likeness (QED) is 0.668. The molecule has 0 aliphatic heterocycles. The summed E-state index contributed by atoms with van der Waals surface area (Å²) in [6, 6.07) is 8.53. The maximum absolute atomic E-state index is 4.42. The van der Waals surface area contributed by atoms with E-state index < -0.39 is 0 Å². The average Bonchev–Trinajstić information content (AvgIpc) is 3.17. The van der Waals surface area contributed by atoms with E-state index in [1.54, 1.807) is 6.33 Å². The van der Waals surface area contributed by atoms with Crippen molar-refractivity contribution in [1.29, 1.82) is 0 Å². The first kappa shape index (κ1) is 15.8. The predicted molar refractivity (Wildman–Crippen MR) is 91.9 cm³/mol. The van der Waals surface area contributed by atoms with Crippen LogP contribution in [-0.2, 0) is 26.2 Å². The lowest BCUT2D eigenvalue weighted by Crippen LogP contribution is -2.24. The number of pyridine rings is 1. The van der Waals surface area contributed by atoms with Gasteiger partial charge in [-0.2, -0.15) is 5.10 Å². The third-order valence-electron chi connectivity index (χ3n) is 3.69. The van der Waals surface area contributed by atoms with Gasteiger partial charge >= 0.3 is 0 Å². The predicted octanol–water partition coefficient (Wildman–Crippen LogP) is 3.27. The zero-order valence-corrected chi connectivity index (χ0v) is 14.3. The number of nitrogens with zero attached hydrogens (tertiary/aromatic N) is 5. The van der Waals surface area contributed by atoms with Crippen molar-refractivity contribution >= 4 is 11.3 Å². The normalized spacial score (nSPS) is 11.3. The molecule has 0 amide bonds. The largest absolute Gasteiger partial charge is 0.287 e. The van der Waals surface area contributed by atoms with Crippen LogP contribution >= 0.6 is 11.3 Å². The fraction of sp³-hybridized carbons (Fsp3) is 0.353. The molecule has 6 heteroatoms. The molecule has 0 atom stereocenters. The first-order valence-electron chi connectivity index (χ1n) is 7.78. The van der Waals surface area contributed by atoms with Crippen LogP contribution in [0.3, 0.4) is 0 Å². The van der Waals surface area contributed by atoms with Crippen molar-refractivity contribution in [3.05, 3.63) is 64.1 Å². The zero-order chi connectivity index (χ0) is 16.1. The van der Waals surface area contributed by atoms with E-state index in [1.165, 1.54) is 15.3 Å². The van der Waals surface area contributed by atoms with Gasteiger partial charge in [-0.15, -0.1) is 11.3 Å². The highest BCUT2D eigenvalue weighted by atomic mass is 32.1. The van der Waals surface area contributed by atoms with Crippen LogP contribution in [0.5, 0.6) is 0 Å². The fourth-order valence-corrected chi connectivity index (χ4v) is 3.51. The lowest BCUT2D eigenvalue weighted by atomic mass is 10.2. The Kier molecular flexibility index (Phi) is 5.15. The van der Waals surface area contributed by atoms with Crippen LogP contribution in [0.4, 0.5) is 0 Å². The van der Waals surface area contributed by atoms with Crippen LogP contribution in [0, 0.1) is 6.92 Å². The van der Waals surface area contributed by atoms with E-state index in [-0.39, 0.29) is 0 Å². The maximum Gasteiger partial charge on any atom is 0.141 e. The first-order valence-corrected chi connectivity index (χ1v) is 8.59. The summed E-state index contributed by atoms with van der Waals surface area (Å²) in [5.74, 6) is 1.01. The molecular formula is C17H21N5S. The van der Waals surface area contributed by atoms with Gasteiger partial charge in [-0.05, 0) is 43.7 Å². The maximum atomic E-state index is 4.42. The molecule has 5 nitrogen and oxygen atoms in total. The van der Waals surface area contributed by atoms with Crippen molar-refractivity contribution in [3.63, 3.8) is 0 Å². The van der Waals surface area contributed by atoms with Gasteiger partial charge in [0.1, 0.15) is 12.2 Å². The average molecular weight is 327 g/mol. The summed E-state index contributed by atoms with van der Waals surface area (Å²) in [5, 5.41) is 4.28. The molecule has 0 N–H and O–H groups in total. The molecule has 120 valence electrons. The van der Waals surface area contributed by atoms with E-state index in [0.29, 0.717) is 0 Å². The first-order chi connectivity index (χ1) is 11.2. The van der Waals surface area contributed by atoms with E-state index in [0.717, 1.165) is 32.0 Å². The Morgan fingerprint density at radius 2 is 1.91 bits per heavy atom. The van der Waals surface area contributed by atoms with E-state index in [4.69, 9.17) is 0 Å². The lowest BCUT2D eigenvalue weighted by Gasteiger charge is -2.21. The van der Waals surface area contributed by atoms with E-state index in [1.807, 2.05) is 28.4 Å². The minimum absolute atomic E-state index is 0.785. The topological polar surface area (TPSA) is 46.8 Å². The summed E-state index contributed by atoms with van der Waals surface area (Å²) >= 11 is 1.85. The number of rotatable bonds is 7. The van der Waals surface area contributed by atoms with Gasteiger partial charge in [-0.1, -0.05) is 0 Å². The Hall–Kier alpha value is -2.05. The molecule has 0 aliphatic rings. The van der Waals surface area contributed by atoms with Gasteiger partial charge in [0.05, 0.1) is 6.54 Å². The molecule has 0 aliphatic carbocycles. The number of aryl methyl sites for hydroxylation is 2. The van der Waals surface area contributed by atoms with Gasteiger partial charge in [0.15, 0.2) is 0 Å². The van der Waals surface area contributed by atoms with Crippen LogP contribution in [0.15, 0.2) is 43.0 Å². The molecule has 0 fully saturated rings.